The van der Waals surface area contributed by atoms with E-state index in [-0.39, 0.29) is 48.4 Å². The van der Waals surface area contributed by atoms with E-state index >= 15 is 0 Å². The Morgan fingerprint density at radius 1 is 1.25 bits per heavy atom. The van der Waals surface area contributed by atoms with Crippen LogP contribution in [0.2, 0.25) is 0 Å². The van der Waals surface area contributed by atoms with Gasteiger partial charge in [-0.05, 0) is 33.3 Å². The van der Waals surface area contributed by atoms with Crippen LogP contribution >= 0.6 is 35.3 Å². The molecule has 0 aliphatic heterocycles. The quantitative estimate of drug-likeness (QED) is 0.206. The number of rotatable bonds is 9. The number of thiazole rings is 1. The Labute approximate surface area is 210 Å². The molecule has 1 aromatic heterocycles. The Balaban J connectivity index is 0.00000512. The molecule has 1 amide bonds. The molecule has 1 heterocycles. The topological polar surface area (TPSA) is 95.9 Å². The number of ether oxygens (including phenoxy) is 1. The number of aromatic nitrogens is 1. The summed E-state index contributed by atoms with van der Waals surface area (Å²) in [7, 11) is 1.64. The minimum absolute atomic E-state index is 0. The molecular weight excluding hydrogens is 541 g/mol. The van der Waals surface area contributed by atoms with E-state index in [2.05, 4.69) is 20.6 Å². The second-order valence-electron chi connectivity index (χ2n) is 6.87. The minimum atomic E-state index is -0.359. The van der Waals surface area contributed by atoms with Crippen LogP contribution in [-0.2, 0) is 16.1 Å². The summed E-state index contributed by atoms with van der Waals surface area (Å²) in [5, 5.41) is 7.03. The highest BCUT2D eigenvalue weighted by Crippen LogP contribution is 2.24. The molecule has 0 fully saturated rings. The van der Waals surface area contributed by atoms with Gasteiger partial charge in [0.2, 0.25) is 5.91 Å². The van der Waals surface area contributed by atoms with E-state index in [4.69, 9.17) is 4.74 Å². The molecule has 176 valence electrons. The second-order valence-corrected chi connectivity index (χ2v) is 7.90. The van der Waals surface area contributed by atoms with Gasteiger partial charge in [0.25, 0.3) is 0 Å². The van der Waals surface area contributed by atoms with Crippen molar-refractivity contribution in [2.75, 3.05) is 26.7 Å². The fourth-order valence-electron chi connectivity index (χ4n) is 2.90. The van der Waals surface area contributed by atoms with Gasteiger partial charge in [0.15, 0.2) is 5.96 Å². The van der Waals surface area contributed by atoms with Crippen LogP contribution in [0.3, 0.4) is 0 Å². The Kier molecular flexibility index (Phi) is 12.2. The Hall–Kier alpha value is -2.21. The third-order valence-electron chi connectivity index (χ3n) is 4.58. The summed E-state index contributed by atoms with van der Waals surface area (Å²) in [4.78, 5) is 35.7. The van der Waals surface area contributed by atoms with Crippen LogP contribution in [0.15, 0.2) is 35.3 Å². The molecule has 32 heavy (non-hydrogen) atoms. The van der Waals surface area contributed by atoms with Gasteiger partial charge in [-0.3, -0.25) is 9.79 Å². The zero-order valence-electron chi connectivity index (χ0n) is 19.2. The number of hydrogen-bond acceptors (Lipinski definition) is 6. The van der Waals surface area contributed by atoms with Crippen molar-refractivity contribution in [1.82, 2.24) is 20.5 Å². The maximum absolute atomic E-state index is 12.7. The number of likely N-dealkylation sites (N-methyl/N-ethyl adjacent to an activating group) is 1. The fourth-order valence-corrected chi connectivity index (χ4v) is 3.86. The molecule has 2 N–H and O–H groups in total. The van der Waals surface area contributed by atoms with Crippen molar-refractivity contribution >= 4 is 53.1 Å². The van der Waals surface area contributed by atoms with Gasteiger partial charge in [0.05, 0.1) is 24.9 Å². The number of nitrogens with zero attached hydrogens (tertiary/aromatic N) is 3. The Morgan fingerprint density at radius 3 is 2.53 bits per heavy atom. The molecule has 1 unspecified atom stereocenters. The van der Waals surface area contributed by atoms with E-state index in [0.29, 0.717) is 36.2 Å². The number of amides is 1. The molecule has 10 heteroatoms. The lowest BCUT2D eigenvalue weighted by Crippen LogP contribution is -2.45. The SMILES string of the molecule is CCOC(=O)c1sc(C(C)NC(=NC)NCC(=O)N(CC)Cc2ccccc2)nc1C.I. The number of nitrogens with one attached hydrogen (secondary N) is 2. The molecule has 0 aliphatic carbocycles. The van der Waals surface area contributed by atoms with E-state index in [9.17, 15) is 9.59 Å². The smallest absolute Gasteiger partial charge is 0.350 e. The van der Waals surface area contributed by atoms with Gasteiger partial charge in [0, 0.05) is 20.1 Å². The summed E-state index contributed by atoms with van der Waals surface area (Å²) in [6, 6.07) is 9.71. The average molecular weight is 574 g/mol. The standard InChI is InChI=1S/C22H31N5O3S.HI/c1-6-27(14-17-11-9-8-10-12-17)18(28)13-24-22(23-5)26-16(4)20-25-15(3)19(31-20)21(29)30-7-2;/h8-12,16H,6-7,13-14H2,1-5H3,(H2,23,24,26);1H. The molecule has 0 bridgehead atoms. The van der Waals surface area contributed by atoms with E-state index < -0.39 is 0 Å². The van der Waals surface area contributed by atoms with Crippen LogP contribution in [0.5, 0.6) is 0 Å². The zero-order chi connectivity index (χ0) is 22.8. The van der Waals surface area contributed by atoms with Crippen LogP contribution in [0.4, 0.5) is 0 Å². The van der Waals surface area contributed by atoms with Gasteiger partial charge in [-0.25, -0.2) is 9.78 Å². The van der Waals surface area contributed by atoms with Crippen LogP contribution in [-0.4, -0.2) is 54.5 Å². The van der Waals surface area contributed by atoms with Crippen LogP contribution in [0.25, 0.3) is 0 Å². The normalized spacial score (nSPS) is 11.8. The average Bonchev–Trinajstić information content (AvgIpc) is 3.17. The molecule has 0 spiro atoms. The molecule has 2 aromatic rings. The Morgan fingerprint density at radius 2 is 1.94 bits per heavy atom. The molecule has 0 saturated carbocycles. The number of benzene rings is 1. The number of aliphatic imine (C=N–C) groups is 1. The third kappa shape index (κ3) is 8.05. The first-order valence-corrected chi connectivity index (χ1v) is 11.1. The summed E-state index contributed by atoms with van der Waals surface area (Å²) in [6.45, 7) is 9.08. The molecule has 0 aliphatic rings. The molecule has 8 nitrogen and oxygen atoms in total. The first-order chi connectivity index (χ1) is 14.9. The van der Waals surface area contributed by atoms with Crippen molar-refractivity contribution in [2.24, 2.45) is 4.99 Å². The lowest BCUT2D eigenvalue weighted by atomic mass is 10.2. The molecule has 2 rings (SSSR count). The van der Waals surface area contributed by atoms with Gasteiger partial charge in [-0.15, -0.1) is 35.3 Å². The summed E-state index contributed by atoms with van der Waals surface area (Å²) in [5.41, 5.74) is 1.73. The predicted molar refractivity (Wildman–Crippen MR) is 139 cm³/mol. The van der Waals surface area contributed by atoms with Gasteiger partial charge < -0.3 is 20.3 Å². The number of carbonyl (C=O) groups is 2. The van der Waals surface area contributed by atoms with Gasteiger partial charge in [-0.2, -0.15) is 0 Å². The molecule has 1 atom stereocenters. The van der Waals surface area contributed by atoms with E-state index in [0.717, 1.165) is 10.6 Å². The summed E-state index contributed by atoms with van der Waals surface area (Å²) in [6.07, 6.45) is 0. The van der Waals surface area contributed by atoms with Crippen molar-refractivity contribution in [2.45, 2.75) is 40.3 Å². The fraction of sp³-hybridized carbons (Fsp3) is 0.455. The van der Waals surface area contributed by atoms with Crippen molar-refractivity contribution < 1.29 is 14.3 Å². The number of halogens is 1. The summed E-state index contributed by atoms with van der Waals surface area (Å²) < 4.78 is 5.08. The van der Waals surface area contributed by atoms with Gasteiger partial charge in [0.1, 0.15) is 9.88 Å². The molecular formula is C22H32IN5O3S. The highest BCUT2D eigenvalue weighted by molar-refractivity contribution is 14.0. The number of esters is 1. The van der Waals surface area contributed by atoms with E-state index in [1.165, 1.54) is 11.3 Å². The maximum Gasteiger partial charge on any atom is 0.350 e. The zero-order valence-corrected chi connectivity index (χ0v) is 22.3. The predicted octanol–water partition coefficient (Wildman–Crippen LogP) is 3.52. The second kappa shape index (κ2) is 14.0. The first-order valence-electron chi connectivity index (χ1n) is 10.3. The van der Waals surface area contributed by atoms with Crippen LogP contribution in [0, 0.1) is 6.92 Å². The highest BCUT2D eigenvalue weighted by Gasteiger charge is 2.20. The largest absolute Gasteiger partial charge is 0.462 e. The molecule has 1 aromatic carbocycles. The van der Waals surface area contributed by atoms with Crippen molar-refractivity contribution in [3.63, 3.8) is 0 Å². The van der Waals surface area contributed by atoms with Crippen LogP contribution < -0.4 is 10.6 Å². The summed E-state index contributed by atoms with van der Waals surface area (Å²) >= 11 is 1.30. The monoisotopic (exact) mass is 573 g/mol. The van der Waals surface area contributed by atoms with Crippen molar-refractivity contribution in [3.8, 4) is 0 Å². The number of aryl methyl sites for hydroxylation is 1. The van der Waals surface area contributed by atoms with E-state index in [1.807, 2.05) is 44.2 Å². The van der Waals surface area contributed by atoms with Gasteiger partial charge >= 0.3 is 5.97 Å². The first kappa shape index (κ1) is 27.8. The number of carbonyl (C=O) groups excluding carboxylic acids is 2. The lowest BCUT2D eigenvalue weighted by molar-refractivity contribution is -0.130. The van der Waals surface area contributed by atoms with E-state index in [1.54, 1.807) is 25.8 Å². The molecule has 0 saturated heterocycles. The minimum Gasteiger partial charge on any atom is -0.462 e. The third-order valence-corrected chi connectivity index (χ3v) is 5.90. The summed E-state index contributed by atoms with van der Waals surface area (Å²) in [5.74, 6) is 0.112. The maximum atomic E-state index is 12.7. The Bertz CT molecular complexity index is 904. The number of guanidine groups is 1. The van der Waals surface area contributed by atoms with Crippen molar-refractivity contribution in [3.05, 3.63) is 51.5 Å². The van der Waals surface area contributed by atoms with Crippen LogP contribution in [0.1, 0.15) is 52.7 Å². The lowest BCUT2D eigenvalue weighted by Gasteiger charge is -2.22. The molecule has 0 radical (unpaired) electrons. The van der Waals surface area contributed by atoms with Gasteiger partial charge in [-0.1, -0.05) is 30.3 Å². The van der Waals surface area contributed by atoms with Crippen molar-refractivity contribution in [1.29, 1.82) is 0 Å². The number of hydrogen-bond donors (Lipinski definition) is 2. The highest BCUT2D eigenvalue weighted by atomic mass is 127.